The molecule has 1 aromatic heterocycles. The van der Waals surface area contributed by atoms with E-state index in [9.17, 15) is 8.42 Å². The number of rotatable bonds is 6. The van der Waals surface area contributed by atoms with E-state index in [2.05, 4.69) is 14.9 Å². The van der Waals surface area contributed by atoms with Gasteiger partial charge in [0.1, 0.15) is 0 Å². The Balaban J connectivity index is 0.00000208. The quantitative estimate of drug-likeness (QED) is 0.769. The number of hydrogen-bond donors (Lipinski definition) is 2. The third kappa shape index (κ3) is 3.69. The molecule has 0 saturated carbocycles. The molecular formula is C14H20ClN5O3S. The fraction of sp³-hybridized carbons (Fsp3) is 0.429. The second-order valence-electron chi connectivity index (χ2n) is 5.27. The number of anilines is 1. The van der Waals surface area contributed by atoms with Crippen LogP contribution in [0.3, 0.4) is 0 Å². The number of hydrogen-bond acceptors (Lipinski definition) is 7. The number of nitrogens with zero attached hydrogens (tertiary/aromatic N) is 3. The first-order valence-electron chi connectivity index (χ1n) is 7.42. The van der Waals surface area contributed by atoms with E-state index in [0.29, 0.717) is 24.8 Å². The maximum Gasteiger partial charge on any atom is 0.240 e. The molecule has 132 valence electrons. The fourth-order valence-electron chi connectivity index (χ4n) is 2.64. The molecule has 1 aliphatic heterocycles. The van der Waals surface area contributed by atoms with Gasteiger partial charge in [0.25, 0.3) is 0 Å². The predicted molar refractivity (Wildman–Crippen MR) is 91.5 cm³/mol. The Morgan fingerprint density at radius 1 is 1.42 bits per heavy atom. The lowest BCUT2D eigenvalue weighted by molar-refractivity contribution is 0.374. The van der Waals surface area contributed by atoms with E-state index in [1.807, 2.05) is 11.0 Å². The molecule has 3 N–H and O–H groups in total. The zero-order chi connectivity index (χ0) is 16.4. The maximum atomic E-state index is 12.2. The molecule has 0 unspecified atom stereocenters. The molecule has 0 radical (unpaired) electrons. The first-order chi connectivity index (χ1) is 11.0. The van der Waals surface area contributed by atoms with Gasteiger partial charge >= 0.3 is 0 Å². The van der Waals surface area contributed by atoms with E-state index >= 15 is 0 Å². The number of nitrogens with one attached hydrogen (secondary N) is 1. The molecule has 0 fully saturated rings. The Hall–Kier alpha value is -1.68. The topological polar surface area (TPSA) is 114 Å². The van der Waals surface area contributed by atoms with Crippen LogP contribution < -0.4 is 15.4 Å². The van der Waals surface area contributed by atoms with Gasteiger partial charge in [0.2, 0.25) is 15.9 Å². The summed E-state index contributed by atoms with van der Waals surface area (Å²) in [6.07, 6.45) is 0.860. The molecule has 0 amide bonds. The largest absolute Gasteiger partial charge is 0.363 e. The summed E-state index contributed by atoms with van der Waals surface area (Å²) in [5, 5.41) is 3.89. The van der Waals surface area contributed by atoms with Gasteiger partial charge in [-0.15, -0.1) is 12.4 Å². The zero-order valence-corrected chi connectivity index (χ0v) is 14.9. The van der Waals surface area contributed by atoms with Crippen LogP contribution in [0.1, 0.15) is 24.2 Å². The molecule has 2 aromatic rings. The Kier molecular flexibility index (Phi) is 5.81. The van der Waals surface area contributed by atoms with E-state index in [0.717, 1.165) is 24.2 Å². The molecule has 1 aromatic carbocycles. The van der Waals surface area contributed by atoms with Gasteiger partial charge in [0.05, 0.1) is 18.0 Å². The normalized spacial score (nSPS) is 13.7. The van der Waals surface area contributed by atoms with Gasteiger partial charge in [0.15, 0.2) is 5.82 Å². The summed E-state index contributed by atoms with van der Waals surface area (Å²) in [6.45, 7) is 3.55. The minimum Gasteiger partial charge on any atom is -0.363 e. The van der Waals surface area contributed by atoms with Crippen molar-refractivity contribution in [2.24, 2.45) is 5.73 Å². The van der Waals surface area contributed by atoms with Gasteiger partial charge in [-0.2, -0.15) is 4.98 Å². The minimum absolute atomic E-state index is 0. The lowest BCUT2D eigenvalue weighted by atomic mass is 10.2. The molecule has 0 aliphatic carbocycles. The van der Waals surface area contributed by atoms with E-state index < -0.39 is 10.0 Å². The third-order valence-electron chi connectivity index (χ3n) is 3.71. The van der Waals surface area contributed by atoms with E-state index in [-0.39, 0.29) is 23.8 Å². The number of benzene rings is 1. The van der Waals surface area contributed by atoms with Gasteiger partial charge in [0, 0.05) is 18.8 Å². The smallest absolute Gasteiger partial charge is 0.240 e. The van der Waals surface area contributed by atoms with Crippen molar-refractivity contribution in [3.05, 3.63) is 35.5 Å². The van der Waals surface area contributed by atoms with Crippen molar-refractivity contribution in [1.82, 2.24) is 14.9 Å². The van der Waals surface area contributed by atoms with Crippen LogP contribution in [0.2, 0.25) is 0 Å². The summed E-state index contributed by atoms with van der Waals surface area (Å²) in [5.74, 6) is 0.932. The minimum atomic E-state index is -3.47. The van der Waals surface area contributed by atoms with Crippen LogP contribution in [0.4, 0.5) is 5.69 Å². The van der Waals surface area contributed by atoms with Crippen LogP contribution in [0, 0.1) is 0 Å². The molecule has 8 nitrogen and oxygen atoms in total. The van der Waals surface area contributed by atoms with Crippen molar-refractivity contribution in [3.8, 4) is 0 Å². The van der Waals surface area contributed by atoms with Crippen molar-refractivity contribution in [1.29, 1.82) is 0 Å². The zero-order valence-electron chi connectivity index (χ0n) is 13.2. The monoisotopic (exact) mass is 373 g/mol. The average molecular weight is 374 g/mol. The third-order valence-corrected chi connectivity index (χ3v) is 5.25. The highest BCUT2D eigenvalue weighted by molar-refractivity contribution is 7.89. The Morgan fingerprint density at radius 3 is 2.88 bits per heavy atom. The predicted octanol–water partition coefficient (Wildman–Crippen LogP) is 0.811. The number of aromatic nitrogens is 2. The highest BCUT2D eigenvalue weighted by Gasteiger charge is 2.24. The number of nitrogens with two attached hydrogens (primary N) is 1. The SMILES string of the molecule is CCNS(=O)(=O)c1ccc2c(c1)N(Cc1noc(CN)n1)CC2.Cl. The molecule has 3 rings (SSSR count). The Bertz CT molecular complexity index is 808. The molecular weight excluding hydrogens is 354 g/mol. The first-order valence-corrected chi connectivity index (χ1v) is 8.91. The van der Waals surface area contributed by atoms with Crippen LogP contribution >= 0.6 is 12.4 Å². The van der Waals surface area contributed by atoms with Crippen LogP contribution in [-0.2, 0) is 29.5 Å². The summed E-state index contributed by atoms with van der Waals surface area (Å²) in [5.41, 5.74) is 7.47. The summed E-state index contributed by atoms with van der Waals surface area (Å²) >= 11 is 0. The van der Waals surface area contributed by atoms with Crippen molar-refractivity contribution >= 4 is 28.1 Å². The number of sulfonamides is 1. The summed E-state index contributed by atoms with van der Waals surface area (Å²) in [7, 11) is -3.47. The average Bonchev–Trinajstić information content (AvgIpc) is 3.14. The number of fused-ring (bicyclic) bond motifs is 1. The molecule has 0 saturated heterocycles. The summed E-state index contributed by atoms with van der Waals surface area (Å²) < 4.78 is 31.8. The maximum absolute atomic E-state index is 12.2. The van der Waals surface area contributed by atoms with E-state index in [1.165, 1.54) is 0 Å². The van der Waals surface area contributed by atoms with Crippen molar-refractivity contribution < 1.29 is 12.9 Å². The lowest BCUT2D eigenvalue weighted by Crippen LogP contribution is -2.24. The highest BCUT2D eigenvalue weighted by atomic mass is 35.5. The van der Waals surface area contributed by atoms with Gasteiger partial charge in [-0.05, 0) is 24.1 Å². The molecule has 24 heavy (non-hydrogen) atoms. The summed E-state index contributed by atoms with van der Waals surface area (Å²) in [6, 6.07) is 5.20. The van der Waals surface area contributed by atoms with Crippen molar-refractivity contribution in [3.63, 3.8) is 0 Å². The van der Waals surface area contributed by atoms with Gasteiger partial charge in [-0.3, -0.25) is 0 Å². The lowest BCUT2D eigenvalue weighted by Gasteiger charge is -2.18. The van der Waals surface area contributed by atoms with Crippen molar-refractivity contribution in [2.75, 3.05) is 18.0 Å². The van der Waals surface area contributed by atoms with Crippen LogP contribution in [0.5, 0.6) is 0 Å². The first kappa shape index (κ1) is 18.7. The standard InChI is InChI=1S/C14H19N5O3S.ClH/c1-2-16-23(20,21)11-4-3-10-5-6-19(12(10)7-11)9-13-17-14(8-15)22-18-13;/h3-4,7,16H,2,5-6,8-9,15H2,1H3;1H. The number of halogens is 1. The van der Waals surface area contributed by atoms with Gasteiger partial charge in [-0.25, -0.2) is 13.1 Å². The highest BCUT2D eigenvalue weighted by Crippen LogP contribution is 2.31. The molecule has 0 atom stereocenters. The second kappa shape index (κ2) is 7.47. The van der Waals surface area contributed by atoms with Crippen LogP contribution in [-0.4, -0.2) is 31.6 Å². The van der Waals surface area contributed by atoms with Crippen LogP contribution in [0.25, 0.3) is 0 Å². The molecule has 0 spiro atoms. The van der Waals surface area contributed by atoms with E-state index in [1.54, 1.807) is 19.1 Å². The molecule has 10 heteroatoms. The molecule has 2 heterocycles. The summed E-state index contributed by atoms with van der Waals surface area (Å²) in [4.78, 5) is 6.50. The Labute approximate surface area is 146 Å². The van der Waals surface area contributed by atoms with Gasteiger partial charge < -0.3 is 15.2 Å². The fourth-order valence-corrected chi connectivity index (χ4v) is 3.70. The Morgan fingerprint density at radius 2 is 2.21 bits per heavy atom. The molecule has 0 bridgehead atoms. The van der Waals surface area contributed by atoms with Gasteiger partial charge in [-0.1, -0.05) is 18.1 Å². The van der Waals surface area contributed by atoms with Crippen LogP contribution in [0.15, 0.2) is 27.6 Å². The molecule has 1 aliphatic rings. The van der Waals surface area contributed by atoms with Crippen molar-refractivity contribution in [2.45, 2.75) is 31.3 Å². The van der Waals surface area contributed by atoms with E-state index in [4.69, 9.17) is 10.3 Å². The second-order valence-corrected chi connectivity index (χ2v) is 7.04.